The smallest absolute Gasteiger partial charge is 0.322 e. The van der Waals surface area contributed by atoms with Crippen LogP contribution in [0.2, 0.25) is 0 Å². The predicted octanol–water partition coefficient (Wildman–Crippen LogP) is 1.90. The molecule has 1 aliphatic carbocycles. The van der Waals surface area contributed by atoms with Crippen LogP contribution in [0, 0.1) is 5.92 Å². The van der Waals surface area contributed by atoms with E-state index in [2.05, 4.69) is 0 Å². The highest BCUT2D eigenvalue weighted by Crippen LogP contribution is 2.28. The van der Waals surface area contributed by atoms with Gasteiger partial charge in [0.15, 0.2) is 0 Å². The SMILES string of the molecule is N[C@@H](CCc1ccccc1)C(=O)OCC1CC1. The van der Waals surface area contributed by atoms with Crippen LogP contribution in [0.15, 0.2) is 30.3 Å². The zero-order valence-corrected chi connectivity index (χ0v) is 9.97. The number of esters is 1. The van der Waals surface area contributed by atoms with Crippen molar-refractivity contribution < 1.29 is 9.53 Å². The molecule has 0 spiro atoms. The van der Waals surface area contributed by atoms with Gasteiger partial charge in [-0.15, -0.1) is 0 Å². The summed E-state index contributed by atoms with van der Waals surface area (Å²) in [6.45, 7) is 0.553. The molecule has 1 atom stereocenters. The Kier molecular flexibility index (Phi) is 4.15. The first-order valence-corrected chi connectivity index (χ1v) is 6.22. The van der Waals surface area contributed by atoms with Crippen molar-refractivity contribution >= 4 is 5.97 Å². The lowest BCUT2D eigenvalue weighted by Gasteiger charge is -2.11. The number of ether oxygens (including phenoxy) is 1. The van der Waals surface area contributed by atoms with Crippen molar-refractivity contribution in [2.45, 2.75) is 31.7 Å². The Bertz CT molecular complexity index is 360. The molecule has 1 aliphatic rings. The molecule has 0 aliphatic heterocycles. The van der Waals surface area contributed by atoms with Crippen molar-refractivity contribution in [2.24, 2.45) is 11.7 Å². The van der Waals surface area contributed by atoms with E-state index in [1.165, 1.54) is 18.4 Å². The quantitative estimate of drug-likeness (QED) is 0.763. The Morgan fingerprint density at radius 3 is 2.71 bits per heavy atom. The summed E-state index contributed by atoms with van der Waals surface area (Å²) in [4.78, 5) is 11.5. The minimum absolute atomic E-state index is 0.257. The van der Waals surface area contributed by atoms with Crippen molar-refractivity contribution in [3.05, 3.63) is 35.9 Å². The summed E-state index contributed by atoms with van der Waals surface area (Å²) in [5.41, 5.74) is 7.00. The third-order valence-corrected chi connectivity index (χ3v) is 3.05. The van der Waals surface area contributed by atoms with Gasteiger partial charge in [-0.05, 0) is 37.2 Å². The molecule has 0 bridgehead atoms. The maximum Gasteiger partial charge on any atom is 0.322 e. The molecule has 0 heterocycles. The van der Waals surface area contributed by atoms with Crippen LogP contribution in [0.3, 0.4) is 0 Å². The van der Waals surface area contributed by atoms with Crippen LogP contribution in [0.5, 0.6) is 0 Å². The Hall–Kier alpha value is -1.35. The van der Waals surface area contributed by atoms with E-state index in [-0.39, 0.29) is 5.97 Å². The van der Waals surface area contributed by atoms with E-state index < -0.39 is 6.04 Å². The van der Waals surface area contributed by atoms with E-state index in [0.717, 1.165) is 6.42 Å². The normalized spacial score (nSPS) is 16.5. The average Bonchev–Trinajstić information content (AvgIpc) is 3.18. The molecule has 1 fully saturated rings. The number of rotatable bonds is 6. The highest BCUT2D eigenvalue weighted by atomic mass is 16.5. The average molecular weight is 233 g/mol. The molecule has 2 N–H and O–H groups in total. The molecule has 17 heavy (non-hydrogen) atoms. The molecule has 3 heteroatoms. The molecule has 1 saturated carbocycles. The third kappa shape index (κ3) is 4.19. The van der Waals surface area contributed by atoms with Crippen LogP contribution in [-0.4, -0.2) is 18.6 Å². The van der Waals surface area contributed by atoms with Gasteiger partial charge in [-0.2, -0.15) is 0 Å². The zero-order valence-electron chi connectivity index (χ0n) is 9.97. The molecule has 0 amide bonds. The van der Waals surface area contributed by atoms with Gasteiger partial charge in [0.2, 0.25) is 0 Å². The Balaban J connectivity index is 1.68. The topological polar surface area (TPSA) is 52.3 Å². The van der Waals surface area contributed by atoms with Gasteiger partial charge in [0, 0.05) is 0 Å². The summed E-state index contributed by atoms with van der Waals surface area (Å²) in [6.07, 6.45) is 3.84. The van der Waals surface area contributed by atoms with Crippen LogP contribution in [0.4, 0.5) is 0 Å². The Morgan fingerprint density at radius 2 is 2.06 bits per heavy atom. The zero-order chi connectivity index (χ0) is 12.1. The predicted molar refractivity (Wildman–Crippen MR) is 66.4 cm³/mol. The van der Waals surface area contributed by atoms with Gasteiger partial charge in [0.25, 0.3) is 0 Å². The third-order valence-electron chi connectivity index (χ3n) is 3.05. The summed E-state index contributed by atoms with van der Waals surface area (Å²) in [5, 5.41) is 0. The molecule has 3 nitrogen and oxygen atoms in total. The second-order valence-corrected chi connectivity index (χ2v) is 4.70. The molecule has 0 unspecified atom stereocenters. The lowest BCUT2D eigenvalue weighted by atomic mass is 10.1. The number of carbonyl (C=O) groups is 1. The van der Waals surface area contributed by atoms with E-state index in [1.807, 2.05) is 30.3 Å². The van der Waals surface area contributed by atoms with E-state index in [4.69, 9.17) is 10.5 Å². The molecule has 92 valence electrons. The summed E-state index contributed by atoms with van der Waals surface area (Å²) >= 11 is 0. The first kappa shape index (κ1) is 12.1. The molecule has 1 aromatic carbocycles. The van der Waals surface area contributed by atoms with Crippen LogP contribution in [0.1, 0.15) is 24.8 Å². The van der Waals surface area contributed by atoms with E-state index in [0.29, 0.717) is 18.9 Å². The first-order chi connectivity index (χ1) is 8.25. The maximum atomic E-state index is 11.5. The minimum Gasteiger partial charge on any atom is -0.464 e. The molecule has 0 radical (unpaired) electrons. The van der Waals surface area contributed by atoms with Crippen molar-refractivity contribution in [1.29, 1.82) is 0 Å². The van der Waals surface area contributed by atoms with Gasteiger partial charge in [-0.3, -0.25) is 4.79 Å². The van der Waals surface area contributed by atoms with Gasteiger partial charge in [-0.25, -0.2) is 0 Å². The van der Waals surface area contributed by atoms with Gasteiger partial charge >= 0.3 is 5.97 Å². The number of aryl methyl sites for hydroxylation is 1. The maximum absolute atomic E-state index is 11.5. The second-order valence-electron chi connectivity index (χ2n) is 4.70. The molecule has 2 rings (SSSR count). The summed E-state index contributed by atoms with van der Waals surface area (Å²) in [5.74, 6) is 0.341. The van der Waals surface area contributed by atoms with Gasteiger partial charge < -0.3 is 10.5 Å². The van der Waals surface area contributed by atoms with Crippen molar-refractivity contribution in [1.82, 2.24) is 0 Å². The fourth-order valence-corrected chi connectivity index (χ4v) is 1.68. The second kappa shape index (κ2) is 5.82. The molecule has 0 saturated heterocycles. The summed E-state index contributed by atoms with van der Waals surface area (Å²) in [6, 6.07) is 9.56. The monoisotopic (exact) mass is 233 g/mol. The Labute approximate surface area is 102 Å². The van der Waals surface area contributed by atoms with Gasteiger partial charge in [0.1, 0.15) is 6.04 Å². The van der Waals surface area contributed by atoms with Crippen LogP contribution in [-0.2, 0) is 16.0 Å². The lowest BCUT2D eigenvalue weighted by Crippen LogP contribution is -2.33. The van der Waals surface area contributed by atoms with E-state index >= 15 is 0 Å². The van der Waals surface area contributed by atoms with E-state index in [9.17, 15) is 4.79 Å². The fraction of sp³-hybridized carbons (Fsp3) is 0.500. The van der Waals surface area contributed by atoms with Crippen molar-refractivity contribution in [3.63, 3.8) is 0 Å². The number of carbonyl (C=O) groups excluding carboxylic acids is 1. The number of nitrogens with two attached hydrogens (primary N) is 1. The number of hydrogen-bond acceptors (Lipinski definition) is 3. The van der Waals surface area contributed by atoms with E-state index in [1.54, 1.807) is 0 Å². The largest absolute Gasteiger partial charge is 0.464 e. The first-order valence-electron chi connectivity index (χ1n) is 6.22. The summed E-state index contributed by atoms with van der Waals surface area (Å²) in [7, 11) is 0. The fourth-order valence-electron chi connectivity index (χ4n) is 1.68. The van der Waals surface area contributed by atoms with Crippen LogP contribution in [0.25, 0.3) is 0 Å². The van der Waals surface area contributed by atoms with Crippen LogP contribution >= 0.6 is 0 Å². The standard InChI is InChI=1S/C14H19NO2/c15-13(14(16)17-10-12-6-7-12)9-8-11-4-2-1-3-5-11/h1-5,12-13H,6-10,15H2/t13-/m0/s1. The lowest BCUT2D eigenvalue weighted by molar-refractivity contribution is -0.145. The summed E-state index contributed by atoms with van der Waals surface area (Å²) < 4.78 is 5.15. The molecular weight excluding hydrogens is 214 g/mol. The Morgan fingerprint density at radius 1 is 1.35 bits per heavy atom. The highest BCUT2D eigenvalue weighted by Gasteiger charge is 2.24. The minimum atomic E-state index is -0.492. The number of hydrogen-bond donors (Lipinski definition) is 1. The van der Waals surface area contributed by atoms with Gasteiger partial charge in [0.05, 0.1) is 6.61 Å². The van der Waals surface area contributed by atoms with Gasteiger partial charge in [-0.1, -0.05) is 30.3 Å². The van der Waals surface area contributed by atoms with Crippen LogP contribution < -0.4 is 5.73 Å². The molecule has 1 aromatic rings. The molecular formula is C14H19NO2. The number of benzene rings is 1. The molecule has 0 aromatic heterocycles. The highest BCUT2D eigenvalue weighted by molar-refractivity contribution is 5.75. The van der Waals surface area contributed by atoms with Crippen molar-refractivity contribution in [3.8, 4) is 0 Å². The van der Waals surface area contributed by atoms with Crippen molar-refractivity contribution in [2.75, 3.05) is 6.61 Å².